The van der Waals surface area contributed by atoms with Gasteiger partial charge < -0.3 is 31.2 Å². The van der Waals surface area contributed by atoms with Crippen LogP contribution in [-0.2, 0) is 16.0 Å². The van der Waals surface area contributed by atoms with Crippen molar-refractivity contribution >= 4 is 34.4 Å². The Morgan fingerprint density at radius 3 is 2.86 bits per heavy atom. The van der Waals surface area contributed by atoms with Crippen molar-refractivity contribution in [2.24, 2.45) is 5.73 Å². The van der Waals surface area contributed by atoms with Crippen molar-refractivity contribution in [3.63, 3.8) is 0 Å². The lowest BCUT2D eigenvalue weighted by molar-refractivity contribution is -0.121. The largest absolute Gasteiger partial charge is 0.389 e. The van der Waals surface area contributed by atoms with Crippen molar-refractivity contribution in [3.8, 4) is 0 Å². The molecule has 0 fully saturated rings. The maximum absolute atomic E-state index is 12.4. The molecule has 0 saturated heterocycles. The number of benzene rings is 1. The Labute approximate surface area is 167 Å². The van der Waals surface area contributed by atoms with E-state index in [2.05, 4.69) is 15.6 Å². The van der Waals surface area contributed by atoms with E-state index in [-0.39, 0.29) is 37.9 Å². The standard InChI is InChI=1S/C19H25N5O5/c1-29-10-11(25)9-22-17(26)4-6-21-18(27)15-8-13-12-5-7-24(19(20)28)16(12)3-2-14(13)23-15/h2-3,8,11,23,25H,4-7,9-10H2,1H3,(H2,20,28)(H,21,27)(H,22,26). The van der Waals surface area contributed by atoms with Gasteiger partial charge in [-0.2, -0.15) is 0 Å². The minimum atomic E-state index is -0.767. The summed E-state index contributed by atoms with van der Waals surface area (Å²) < 4.78 is 4.78. The Bertz CT molecular complexity index is 925. The van der Waals surface area contributed by atoms with Gasteiger partial charge in [0.15, 0.2) is 0 Å². The van der Waals surface area contributed by atoms with Crippen LogP contribution in [-0.4, -0.2) is 67.4 Å². The number of nitrogens with one attached hydrogen (secondary N) is 3. The number of anilines is 1. The maximum Gasteiger partial charge on any atom is 0.319 e. The number of primary amides is 1. The Hall–Kier alpha value is -3.11. The van der Waals surface area contributed by atoms with Gasteiger partial charge in [0.1, 0.15) is 5.69 Å². The van der Waals surface area contributed by atoms with Crippen LogP contribution in [0.1, 0.15) is 22.5 Å². The summed E-state index contributed by atoms with van der Waals surface area (Å²) in [4.78, 5) is 40.3. The van der Waals surface area contributed by atoms with E-state index in [1.807, 2.05) is 12.1 Å². The number of aliphatic hydroxyl groups excluding tert-OH is 1. The highest BCUT2D eigenvalue weighted by Gasteiger charge is 2.25. The lowest BCUT2D eigenvalue weighted by Crippen LogP contribution is -2.36. The second kappa shape index (κ2) is 8.93. The van der Waals surface area contributed by atoms with Crippen molar-refractivity contribution in [2.75, 3.05) is 38.3 Å². The number of rotatable bonds is 8. The fourth-order valence-corrected chi connectivity index (χ4v) is 3.42. The van der Waals surface area contributed by atoms with Gasteiger partial charge in [-0.15, -0.1) is 0 Å². The lowest BCUT2D eigenvalue weighted by Gasteiger charge is -2.13. The molecule has 0 bridgehead atoms. The highest BCUT2D eigenvalue weighted by atomic mass is 16.5. The minimum Gasteiger partial charge on any atom is -0.389 e. The summed E-state index contributed by atoms with van der Waals surface area (Å²) in [5.41, 5.74) is 8.32. The van der Waals surface area contributed by atoms with E-state index in [0.717, 1.165) is 22.2 Å². The molecule has 1 atom stereocenters. The van der Waals surface area contributed by atoms with Gasteiger partial charge in [0.25, 0.3) is 5.91 Å². The highest BCUT2D eigenvalue weighted by molar-refractivity contribution is 6.03. The van der Waals surface area contributed by atoms with Crippen LogP contribution in [0.4, 0.5) is 10.5 Å². The van der Waals surface area contributed by atoms with Crippen LogP contribution in [0.5, 0.6) is 0 Å². The predicted molar refractivity (Wildman–Crippen MR) is 107 cm³/mol. The van der Waals surface area contributed by atoms with Crippen molar-refractivity contribution in [1.29, 1.82) is 0 Å². The summed E-state index contributed by atoms with van der Waals surface area (Å²) >= 11 is 0. The number of carbonyl (C=O) groups is 3. The molecule has 0 spiro atoms. The van der Waals surface area contributed by atoms with Crippen molar-refractivity contribution < 1.29 is 24.2 Å². The van der Waals surface area contributed by atoms with E-state index in [9.17, 15) is 19.5 Å². The molecule has 1 aromatic heterocycles. The molecule has 0 aliphatic carbocycles. The molecule has 10 heteroatoms. The molecule has 1 aliphatic heterocycles. The summed E-state index contributed by atoms with van der Waals surface area (Å²) in [6.07, 6.45) is -0.00441. The van der Waals surface area contributed by atoms with Crippen LogP contribution in [0, 0.1) is 0 Å². The fourth-order valence-electron chi connectivity index (χ4n) is 3.42. The number of aromatic amines is 1. The van der Waals surface area contributed by atoms with Gasteiger partial charge in [0.05, 0.1) is 12.7 Å². The third-order valence-corrected chi connectivity index (χ3v) is 4.81. The number of fused-ring (bicyclic) bond motifs is 3. The van der Waals surface area contributed by atoms with Crippen molar-refractivity contribution in [3.05, 3.63) is 29.5 Å². The number of methoxy groups -OCH3 is 1. The molecular weight excluding hydrogens is 378 g/mol. The maximum atomic E-state index is 12.4. The molecule has 4 amide bonds. The third-order valence-electron chi connectivity index (χ3n) is 4.81. The number of H-pyrrole nitrogens is 1. The minimum absolute atomic E-state index is 0.0919. The average Bonchev–Trinajstić information content (AvgIpc) is 3.30. The number of hydrogen-bond donors (Lipinski definition) is 5. The molecule has 156 valence electrons. The second-order valence-electron chi connectivity index (χ2n) is 6.87. The van der Waals surface area contributed by atoms with Gasteiger partial charge in [0, 0.05) is 49.8 Å². The summed E-state index contributed by atoms with van der Waals surface area (Å²) in [7, 11) is 1.46. The van der Waals surface area contributed by atoms with E-state index in [0.29, 0.717) is 18.7 Å². The van der Waals surface area contributed by atoms with E-state index < -0.39 is 12.1 Å². The molecule has 29 heavy (non-hydrogen) atoms. The van der Waals surface area contributed by atoms with E-state index in [4.69, 9.17) is 10.5 Å². The number of nitrogens with two attached hydrogens (primary N) is 1. The molecule has 1 aliphatic rings. The smallest absolute Gasteiger partial charge is 0.319 e. The molecule has 1 aromatic carbocycles. The van der Waals surface area contributed by atoms with E-state index in [1.54, 1.807) is 6.07 Å². The molecule has 0 radical (unpaired) electrons. The summed E-state index contributed by atoms with van der Waals surface area (Å²) in [6, 6.07) is 4.88. The molecule has 2 heterocycles. The third kappa shape index (κ3) is 4.66. The number of aromatic nitrogens is 1. The molecule has 3 rings (SSSR count). The Balaban J connectivity index is 1.57. The van der Waals surface area contributed by atoms with Gasteiger partial charge in [-0.3, -0.25) is 14.5 Å². The van der Waals surface area contributed by atoms with Crippen molar-refractivity contribution in [2.45, 2.75) is 18.9 Å². The normalized spacial score (nSPS) is 13.9. The van der Waals surface area contributed by atoms with Gasteiger partial charge >= 0.3 is 6.03 Å². The zero-order valence-corrected chi connectivity index (χ0v) is 16.2. The summed E-state index contributed by atoms with van der Waals surface area (Å²) in [6.45, 7) is 0.910. The van der Waals surface area contributed by atoms with E-state index in [1.165, 1.54) is 12.0 Å². The summed E-state index contributed by atoms with van der Waals surface area (Å²) in [5.74, 6) is -0.603. The lowest BCUT2D eigenvalue weighted by atomic mass is 10.1. The molecule has 0 saturated carbocycles. The number of carbonyl (C=O) groups excluding carboxylic acids is 3. The first kappa shape index (κ1) is 20.6. The van der Waals surface area contributed by atoms with Gasteiger partial charge in [-0.1, -0.05) is 0 Å². The Morgan fingerprint density at radius 1 is 1.34 bits per heavy atom. The summed E-state index contributed by atoms with van der Waals surface area (Å²) in [5, 5.41) is 15.6. The molecule has 6 N–H and O–H groups in total. The number of urea groups is 1. The van der Waals surface area contributed by atoms with Crippen LogP contribution >= 0.6 is 0 Å². The van der Waals surface area contributed by atoms with Crippen LogP contribution in [0.3, 0.4) is 0 Å². The number of amides is 4. The van der Waals surface area contributed by atoms with Crippen LogP contribution in [0.15, 0.2) is 18.2 Å². The van der Waals surface area contributed by atoms with E-state index >= 15 is 0 Å². The SMILES string of the molecule is COCC(O)CNC(=O)CCNC(=O)c1cc2c3c(ccc2[nH]1)N(C(N)=O)CC3. The first-order valence-corrected chi connectivity index (χ1v) is 9.34. The first-order valence-electron chi connectivity index (χ1n) is 9.34. The zero-order chi connectivity index (χ0) is 21.0. The molecular formula is C19H25N5O5. The molecule has 1 unspecified atom stereocenters. The second-order valence-corrected chi connectivity index (χ2v) is 6.87. The van der Waals surface area contributed by atoms with Crippen LogP contribution in [0.25, 0.3) is 10.9 Å². The number of nitrogens with zero attached hydrogens (tertiary/aromatic N) is 1. The van der Waals surface area contributed by atoms with Gasteiger partial charge in [-0.25, -0.2) is 4.79 Å². The molecule has 10 nitrogen and oxygen atoms in total. The number of ether oxygens (including phenoxy) is 1. The van der Waals surface area contributed by atoms with Gasteiger partial charge in [-0.05, 0) is 30.2 Å². The zero-order valence-electron chi connectivity index (χ0n) is 16.2. The average molecular weight is 403 g/mol. The van der Waals surface area contributed by atoms with Gasteiger partial charge in [0.2, 0.25) is 5.91 Å². The monoisotopic (exact) mass is 403 g/mol. The number of aliphatic hydroxyl groups is 1. The van der Waals surface area contributed by atoms with Crippen LogP contribution in [0.2, 0.25) is 0 Å². The highest BCUT2D eigenvalue weighted by Crippen LogP contribution is 2.34. The predicted octanol–water partition coefficient (Wildman–Crippen LogP) is -0.147. The molecule has 2 aromatic rings. The topological polar surface area (TPSA) is 150 Å². The number of hydrogen-bond acceptors (Lipinski definition) is 5. The Morgan fingerprint density at radius 2 is 2.14 bits per heavy atom. The Kier molecular flexibility index (Phi) is 6.35. The van der Waals surface area contributed by atoms with Crippen molar-refractivity contribution in [1.82, 2.24) is 15.6 Å². The first-order chi connectivity index (χ1) is 13.9. The quantitative estimate of drug-likeness (QED) is 0.415. The fraction of sp³-hybridized carbons (Fsp3) is 0.421. The van der Waals surface area contributed by atoms with Crippen LogP contribution < -0.4 is 21.3 Å².